The largest absolute Gasteiger partial charge is 0.444 e. The van der Waals surface area contributed by atoms with Crippen molar-refractivity contribution in [2.24, 2.45) is 7.05 Å². The first-order chi connectivity index (χ1) is 16.6. The number of nitriles is 1. The van der Waals surface area contributed by atoms with Gasteiger partial charge < -0.3 is 15.0 Å². The van der Waals surface area contributed by atoms with Crippen LogP contribution in [-0.2, 0) is 18.3 Å². The van der Waals surface area contributed by atoms with Crippen LogP contribution in [0.15, 0.2) is 35.3 Å². The second-order valence-electron chi connectivity index (χ2n) is 9.77. The van der Waals surface area contributed by atoms with Crippen LogP contribution in [0.4, 0.5) is 10.5 Å². The van der Waals surface area contributed by atoms with Crippen molar-refractivity contribution in [3.05, 3.63) is 57.1 Å². The number of anilines is 1. The number of hydrogen-bond acceptors (Lipinski definition) is 6. The molecule has 3 aromatic rings. The summed E-state index contributed by atoms with van der Waals surface area (Å²) in [7, 11) is 1.69. The van der Waals surface area contributed by atoms with E-state index in [0.717, 1.165) is 25.1 Å². The number of pyridine rings is 1. The molecule has 0 spiro atoms. The fourth-order valence-electron chi connectivity index (χ4n) is 4.46. The summed E-state index contributed by atoms with van der Waals surface area (Å²) in [5.41, 5.74) is 2.43. The third kappa shape index (κ3) is 5.28. The molecule has 1 aliphatic heterocycles. The maximum Gasteiger partial charge on any atom is 0.407 e. The maximum atomic E-state index is 13.2. The van der Waals surface area contributed by atoms with Gasteiger partial charge in [0.2, 0.25) is 0 Å². The molecule has 0 aliphatic carbocycles. The molecule has 2 aromatic heterocycles. The van der Waals surface area contributed by atoms with Gasteiger partial charge in [0.25, 0.3) is 0 Å². The number of halogens is 1. The Balaban J connectivity index is 1.69. The molecule has 35 heavy (non-hydrogen) atoms. The molecule has 1 aromatic carbocycles. The Hall–Kier alpha value is -3.51. The highest BCUT2D eigenvalue weighted by Gasteiger charge is 2.27. The van der Waals surface area contributed by atoms with Gasteiger partial charge >= 0.3 is 11.8 Å². The highest BCUT2D eigenvalue weighted by atomic mass is 35.5. The molecule has 1 saturated heterocycles. The van der Waals surface area contributed by atoms with Crippen molar-refractivity contribution < 1.29 is 9.53 Å². The van der Waals surface area contributed by atoms with Crippen molar-refractivity contribution in [1.29, 1.82) is 5.26 Å². The van der Waals surface area contributed by atoms with Gasteiger partial charge in [0.05, 0.1) is 23.9 Å². The summed E-state index contributed by atoms with van der Waals surface area (Å²) in [6, 6.07) is 9.05. The Kier molecular flexibility index (Phi) is 6.77. The smallest absolute Gasteiger partial charge is 0.407 e. The van der Waals surface area contributed by atoms with E-state index < -0.39 is 11.7 Å². The number of fused-ring (bicyclic) bond motifs is 1. The lowest BCUT2D eigenvalue weighted by Gasteiger charge is -2.35. The van der Waals surface area contributed by atoms with Gasteiger partial charge in [-0.3, -0.25) is 9.13 Å². The van der Waals surface area contributed by atoms with Gasteiger partial charge in [-0.2, -0.15) is 5.26 Å². The van der Waals surface area contributed by atoms with Crippen LogP contribution in [0.5, 0.6) is 0 Å². The number of alkyl carbamates (subject to hydrolysis) is 1. The zero-order valence-corrected chi connectivity index (χ0v) is 21.1. The van der Waals surface area contributed by atoms with E-state index in [1.807, 2.05) is 26.8 Å². The number of nitrogens with one attached hydrogen (secondary N) is 1. The van der Waals surface area contributed by atoms with Gasteiger partial charge in [-0.05, 0) is 57.4 Å². The SMILES string of the molecule is Cn1c(=O)n(Cc2ccc(Cl)cc2C#N)c2c(N3CCC[C@@H](NC(=O)OC(C)(C)C)C3)ccnc21. The number of ether oxygens (including phenoxy) is 1. The lowest BCUT2D eigenvalue weighted by molar-refractivity contribution is 0.0500. The molecule has 0 saturated carbocycles. The number of nitrogens with zero attached hydrogens (tertiary/aromatic N) is 5. The first-order valence-corrected chi connectivity index (χ1v) is 11.9. The lowest BCUT2D eigenvalue weighted by atomic mass is 10.0. The number of benzene rings is 1. The van der Waals surface area contributed by atoms with E-state index in [1.165, 1.54) is 4.57 Å². The van der Waals surface area contributed by atoms with E-state index in [-0.39, 0.29) is 18.3 Å². The summed E-state index contributed by atoms with van der Waals surface area (Å²) >= 11 is 6.06. The van der Waals surface area contributed by atoms with Gasteiger partial charge in [0.15, 0.2) is 5.65 Å². The summed E-state index contributed by atoms with van der Waals surface area (Å²) in [6.07, 6.45) is 2.96. The van der Waals surface area contributed by atoms with E-state index in [2.05, 4.69) is 21.3 Å². The Morgan fingerprint density at radius 3 is 2.83 bits per heavy atom. The average Bonchev–Trinajstić information content (AvgIpc) is 3.04. The zero-order chi connectivity index (χ0) is 25.3. The van der Waals surface area contributed by atoms with Gasteiger partial charge in [0.1, 0.15) is 11.1 Å². The zero-order valence-electron chi connectivity index (χ0n) is 20.3. The summed E-state index contributed by atoms with van der Waals surface area (Å²) in [5.74, 6) is 0. The van der Waals surface area contributed by atoms with Crippen LogP contribution in [0.1, 0.15) is 44.7 Å². The Labute approximate surface area is 208 Å². The van der Waals surface area contributed by atoms with Crippen molar-refractivity contribution in [3.63, 3.8) is 0 Å². The molecule has 184 valence electrons. The lowest BCUT2D eigenvalue weighted by Crippen LogP contribution is -2.49. The van der Waals surface area contributed by atoms with E-state index in [0.29, 0.717) is 33.9 Å². The Morgan fingerprint density at radius 2 is 2.11 bits per heavy atom. The Bertz CT molecular complexity index is 1360. The van der Waals surface area contributed by atoms with Crippen LogP contribution in [0.2, 0.25) is 5.02 Å². The third-order valence-electron chi connectivity index (χ3n) is 5.99. The van der Waals surface area contributed by atoms with Crippen molar-refractivity contribution >= 4 is 34.5 Å². The summed E-state index contributed by atoms with van der Waals surface area (Å²) in [4.78, 5) is 32.2. The minimum Gasteiger partial charge on any atom is -0.444 e. The maximum absolute atomic E-state index is 13.2. The minimum absolute atomic E-state index is 0.0906. The van der Waals surface area contributed by atoms with Crippen molar-refractivity contribution in [2.75, 3.05) is 18.0 Å². The quantitative estimate of drug-likeness (QED) is 0.589. The molecule has 0 radical (unpaired) electrons. The molecule has 0 unspecified atom stereocenters. The second-order valence-corrected chi connectivity index (χ2v) is 10.2. The van der Waals surface area contributed by atoms with Crippen LogP contribution < -0.4 is 15.9 Å². The molecule has 1 fully saturated rings. The van der Waals surface area contributed by atoms with Gasteiger partial charge in [-0.25, -0.2) is 14.6 Å². The Morgan fingerprint density at radius 1 is 1.34 bits per heavy atom. The van der Waals surface area contributed by atoms with E-state index in [1.54, 1.807) is 36.0 Å². The standard InChI is InChI=1S/C25H29ClN6O3/c1-25(2,3)35-23(33)29-19-6-5-11-31(15-19)20-9-10-28-22-21(20)32(24(34)30(22)4)14-16-7-8-18(26)12-17(16)13-27/h7-10,12,19H,5-6,11,14-15H2,1-4H3,(H,29,33)/t19-/m1/s1. The number of rotatable bonds is 4. The third-order valence-corrected chi connectivity index (χ3v) is 6.23. The van der Waals surface area contributed by atoms with Gasteiger partial charge in [0, 0.05) is 37.4 Å². The number of amides is 1. The molecular formula is C25H29ClN6O3. The summed E-state index contributed by atoms with van der Waals surface area (Å²) < 4.78 is 8.58. The monoisotopic (exact) mass is 496 g/mol. The van der Waals surface area contributed by atoms with Crippen LogP contribution in [0.3, 0.4) is 0 Å². The molecular weight excluding hydrogens is 468 g/mol. The highest BCUT2D eigenvalue weighted by molar-refractivity contribution is 6.30. The average molecular weight is 497 g/mol. The number of imidazole rings is 1. The number of carbonyl (C=O) groups is 1. The summed E-state index contributed by atoms with van der Waals surface area (Å²) in [6.45, 7) is 7.06. The molecule has 3 heterocycles. The molecule has 0 bridgehead atoms. The van der Waals surface area contributed by atoms with E-state index in [4.69, 9.17) is 16.3 Å². The predicted molar refractivity (Wildman–Crippen MR) is 135 cm³/mol. The number of aryl methyl sites for hydroxylation is 1. The molecule has 1 amide bonds. The van der Waals surface area contributed by atoms with E-state index >= 15 is 0 Å². The molecule has 4 rings (SSSR count). The molecule has 1 aliphatic rings. The predicted octanol–water partition coefficient (Wildman–Crippen LogP) is 3.80. The second kappa shape index (κ2) is 9.62. The van der Waals surface area contributed by atoms with Crippen LogP contribution in [0.25, 0.3) is 11.2 Å². The summed E-state index contributed by atoms with van der Waals surface area (Å²) in [5, 5.41) is 13.0. The fourth-order valence-corrected chi connectivity index (χ4v) is 4.63. The highest BCUT2D eigenvalue weighted by Crippen LogP contribution is 2.28. The fraction of sp³-hybridized carbons (Fsp3) is 0.440. The number of carbonyl (C=O) groups excluding carboxylic acids is 1. The molecule has 10 heteroatoms. The van der Waals surface area contributed by atoms with Crippen molar-refractivity contribution in [3.8, 4) is 6.07 Å². The van der Waals surface area contributed by atoms with Crippen LogP contribution in [-0.4, -0.2) is 44.9 Å². The van der Waals surface area contributed by atoms with Gasteiger partial charge in [-0.15, -0.1) is 0 Å². The first kappa shape index (κ1) is 24.6. The van der Waals surface area contributed by atoms with Gasteiger partial charge in [-0.1, -0.05) is 17.7 Å². The van der Waals surface area contributed by atoms with Crippen molar-refractivity contribution in [2.45, 2.75) is 51.8 Å². The number of hydrogen-bond donors (Lipinski definition) is 1. The topological polar surface area (TPSA) is 105 Å². The molecule has 1 atom stereocenters. The normalized spacial score (nSPS) is 16.2. The molecule has 9 nitrogen and oxygen atoms in total. The molecule has 1 N–H and O–H groups in total. The number of aromatic nitrogens is 3. The van der Waals surface area contributed by atoms with Crippen LogP contribution in [0, 0.1) is 11.3 Å². The van der Waals surface area contributed by atoms with E-state index in [9.17, 15) is 14.9 Å². The van der Waals surface area contributed by atoms with Crippen molar-refractivity contribution in [1.82, 2.24) is 19.4 Å². The van der Waals surface area contributed by atoms with Crippen LogP contribution >= 0.6 is 11.6 Å². The first-order valence-electron chi connectivity index (χ1n) is 11.5. The number of piperidine rings is 1. The minimum atomic E-state index is -0.570.